The second-order valence-electron chi connectivity index (χ2n) is 7.61. The molecule has 158 valence electrons. The summed E-state index contributed by atoms with van der Waals surface area (Å²) in [7, 11) is 0. The molecule has 0 amide bonds. The maximum atomic E-state index is 13.3. The summed E-state index contributed by atoms with van der Waals surface area (Å²) in [6, 6.07) is 15.5. The SMILES string of the molecule is O=C1CC(c2ccccc2)CC2=C1C(c1ccc(Cl)cc1)n1nc(C(F)(F)F)nc1N2. The van der Waals surface area contributed by atoms with Crippen LogP contribution in [0.3, 0.4) is 0 Å². The number of hydrogen-bond acceptors (Lipinski definition) is 4. The zero-order chi connectivity index (χ0) is 21.8. The monoisotopic (exact) mass is 444 g/mol. The van der Waals surface area contributed by atoms with Gasteiger partial charge in [0.05, 0.1) is 0 Å². The van der Waals surface area contributed by atoms with Gasteiger partial charge in [-0.25, -0.2) is 4.68 Å². The van der Waals surface area contributed by atoms with Crippen molar-refractivity contribution in [2.24, 2.45) is 0 Å². The molecule has 2 unspecified atom stereocenters. The summed E-state index contributed by atoms with van der Waals surface area (Å²) >= 11 is 5.99. The third-order valence-corrected chi connectivity index (χ3v) is 5.88. The summed E-state index contributed by atoms with van der Waals surface area (Å²) in [4.78, 5) is 16.9. The number of aromatic nitrogens is 3. The van der Waals surface area contributed by atoms with Crippen LogP contribution in [0.5, 0.6) is 0 Å². The second-order valence-corrected chi connectivity index (χ2v) is 8.05. The number of allylic oxidation sites excluding steroid dienone is 2. The maximum absolute atomic E-state index is 13.3. The van der Waals surface area contributed by atoms with Gasteiger partial charge in [0.15, 0.2) is 5.78 Å². The van der Waals surface area contributed by atoms with Gasteiger partial charge in [0.25, 0.3) is 5.82 Å². The third-order valence-electron chi connectivity index (χ3n) is 5.63. The van der Waals surface area contributed by atoms with Gasteiger partial charge in [-0.15, -0.1) is 5.10 Å². The van der Waals surface area contributed by atoms with Crippen molar-refractivity contribution >= 4 is 23.3 Å². The fourth-order valence-corrected chi connectivity index (χ4v) is 4.37. The van der Waals surface area contributed by atoms with Gasteiger partial charge in [0.1, 0.15) is 6.04 Å². The number of fused-ring (bicyclic) bond motifs is 1. The molecule has 2 aromatic carbocycles. The van der Waals surface area contributed by atoms with E-state index < -0.39 is 18.0 Å². The molecule has 0 saturated carbocycles. The molecule has 2 atom stereocenters. The van der Waals surface area contributed by atoms with Gasteiger partial charge in [-0.1, -0.05) is 54.1 Å². The standard InChI is InChI=1S/C22H16ClF3N4O/c23-15-8-6-13(7-9-15)19-18-16(27-21-28-20(22(24,25)26)29-30(19)21)10-14(11-17(18)31)12-4-2-1-3-5-12/h1-9,14,19H,10-11H2,(H,27,28,29). The van der Waals surface area contributed by atoms with E-state index in [0.717, 1.165) is 10.2 Å². The first-order valence-electron chi connectivity index (χ1n) is 9.68. The number of rotatable bonds is 2. The topological polar surface area (TPSA) is 59.8 Å². The minimum Gasteiger partial charge on any atom is -0.328 e. The number of Topliss-reactive ketones (excluding diaryl/α,β-unsaturated/α-hetero) is 1. The molecule has 2 aliphatic rings. The molecule has 5 rings (SSSR count). The van der Waals surface area contributed by atoms with E-state index >= 15 is 0 Å². The molecule has 1 aliphatic carbocycles. The zero-order valence-corrected chi connectivity index (χ0v) is 16.8. The van der Waals surface area contributed by atoms with Gasteiger partial charge in [0, 0.05) is 22.7 Å². The zero-order valence-electron chi connectivity index (χ0n) is 16.0. The number of ketones is 1. The number of hydrogen-bond donors (Lipinski definition) is 1. The van der Waals surface area contributed by atoms with Crippen LogP contribution in [0.15, 0.2) is 65.9 Å². The fraction of sp³-hybridized carbons (Fsp3) is 0.227. The maximum Gasteiger partial charge on any atom is 0.453 e. The molecule has 1 N–H and O–H groups in total. The molecule has 0 saturated heterocycles. The Morgan fingerprint density at radius 1 is 1.00 bits per heavy atom. The second kappa shape index (κ2) is 7.23. The number of alkyl halides is 3. The molecule has 1 aliphatic heterocycles. The van der Waals surface area contributed by atoms with Crippen LogP contribution >= 0.6 is 11.6 Å². The highest BCUT2D eigenvalue weighted by molar-refractivity contribution is 6.30. The van der Waals surface area contributed by atoms with Gasteiger partial charge in [-0.3, -0.25) is 4.79 Å². The highest BCUT2D eigenvalue weighted by atomic mass is 35.5. The third kappa shape index (κ3) is 3.50. The van der Waals surface area contributed by atoms with Gasteiger partial charge in [-0.2, -0.15) is 18.2 Å². The Morgan fingerprint density at radius 3 is 2.39 bits per heavy atom. The van der Waals surface area contributed by atoms with Crippen LogP contribution < -0.4 is 5.32 Å². The molecule has 31 heavy (non-hydrogen) atoms. The van der Waals surface area contributed by atoms with E-state index in [9.17, 15) is 18.0 Å². The summed E-state index contributed by atoms with van der Waals surface area (Å²) in [6.45, 7) is 0. The molecular formula is C22H16ClF3N4O. The van der Waals surface area contributed by atoms with E-state index in [1.807, 2.05) is 30.3 Å². The summed E-state index contributed by atoms with van der Waals surface area (Å²) < 4.78 is 41.1. The minimum absolute atomic E-state index is 0.0347. The molecular weight excluding hydrogens is 429 g/mol. The molecule has 0 bridgehead atoms. The Bertz CT molecular complexity index is 1190. The molecule has 2 heterocycles. The highest BCUT2D eigenvalue weighted by Crippen LogP contribution is 2.44. The van der Waals surface area contributed by atoms with Crippen LogP contribution in [0, 0.1) is 0 Å². The van der Waals surface area contributed by atoms with Gasteiger partial charge >= 0.3 is 6.18 Å². The molecule has 5 nitrogen and oxygen atoms in total. The molecule has 0 radical (unpaired) electrons. The predicted octanol–water partition coefficient (Wildman–Crippen LogP) is 5.37. The molecule has 1 aromatic heterocycles. The minimum atomic E-state index is -4.70. The molecule has 3 aromatic rings. The lowest BCUT2D eigenvalue weighted by Gasteiger charge is -2.35. The van der Waals surface area contributed by atoms with Crippen molar-refractivity contribution in [3.63, 3.8) is 0 Å². The van der Waals surface area contributed by atoms with Crippen LogP contribution in [-0.2, 0) is 11.0 Å². The van der Waals surface area contributed by atoms with Crippen molar-refractivity contribution in [1.29, 1.82) is 0 Å². The Labute approximate surface area is 180 Å². The smallest absolute Gasteiger partial charge is 0.328 e. The van der Waals surface area contributed by atoms with Crippen molar-refractivity contribution in [3.8, 4) is 0 Å². The number of nitrogens with one attached hydrogen (secondary N) is 1. The number of anilines is 1. The number of nitrogens with zero attached hydrogens (tertiary/aromatic N) is 3. The summed E-state index contributed by atoms with van der Waals surface area (Å²) in [6.07, 6.45) is -3.94. The number of benzene rings is 2. The molecule has 0 fully saturated rings. The van der Waals surface area contributed by atoms with Crippen molar-refractivity contribution in [2.45, 2.75) is 31.0 Å². The van der Waals surface area contributed by atoms with Crippen molar-refractivity contribution in [2.75, 3.05) is 5.32 Å². The van der Waals surface area contributed by atoms with E-state index in [4.69, 9.17) is 11.6 Å². The van der Waals surface area contributed by atoms with Crippen LogP contribution in [0.1, 0.15) is 41.8 Å². The van der Waals surface area contributed by atoms with E-state index in [2.05, 4.69) is 15.4 Å². The van der Waals surface area contributed by atoms with Gasteiger partial charge in [0.2, 0.25) is 5.95 Å². The first-order valence-corrected chi connectivity index (χ1v) is 10.1. The lowest BCUT2D eigenvalue weighted by molar-refractivity contribution is -0.145. The van der Waals surface area contributed by atoms with Crippen LogP contribution in [0.25, 0.3) is 0 Å². The van der Waals surface area contributed by atoms with Crippen LogP contribution in [0.4, 0.5) is 19.1 Å². The number of carbonyl (C=O) groups is 1. The first-order chi connectivity index (χ1) is 14.8. The molecule has 0 spiro atoms. The molecule has 9 heteroatoms. The fourth-order valence-electron chi connectivity index (χ4n) is 4.25. The average Bonchev–Trinajstić information content (AvgIpc) is 3.18. The Morgan fingerprint density at radius 2 is 1.71 bits per heavy atom. The van der Waals surface area contributed by atoms with E-state index in [1.54, 1.807) is 24.3 Å². The van der Waals surface area contributed by atoms with Crippen molar-refractivity contribution in [1.82, 2.24) is 14.8 Å². The van der Waals surface area contributed by atoms with E-state index in [1.165, 1.54) is 0 Å². The lowest BCUT2D eigenvalue weighted by Crippen LogP contribution is -2.33. The van der Waals surface area contributed by atoms with Crippen molar-refractivity contribution in [3.05, 3.63) is 87.8 Å². The quantitative estimate of drug-likeness (QED) is 0.577. The largest absolute Gasteiger partial charge is 0.453 e. The summed E-state index contributed by atoms with van der Waals surface area (Å²) in [5.74, 6) is -1.48. The number of halogens is 4. The van der Waals surface area contributed by atoms with Crippen LogP contribution in [0.2, 0.25) is 5.02 Å². The van der Waals surface area contributed by atoms with Crippen molar-refractivity contribution < 1.29 is 18.0 Å². The summed E-state index contributed by atoms with van der Waals surface area (Å²) in [5.41, 5.74) is 2.62. The Balaban J connectivity index is 1.63. The lowest BCUT2D eigenvalue weighted by atomic mass is 9.78. The Kier molecular flexibility index (Phi) is 4.62. The summed E-state index contributed by atoms with van der Waals surface area (Å²) in [5, 5.41) is 7.15. The van der Waals surface area contributed by atoms with Gasteiger partial charge in [-0.05, 0) is 35.6 Å². The number of carbonyl (C=O) groups excluding carboxylic acids is 1. The van der Waals surface area contributed by atoms with Crippen LogP contribution in [-0.4, -0.2) is 20.5 Å². The van der Waals surface area contributed by atoms with E-state index in [0.29, 0.717) is 28.3 Å². The van der Waals surface area contributed by atoms with Gasteiger partial charge < -0.3 is 5.32 Å². The van der Waals surface area contributed by atoms with E-state index in [-0.39, 0.29) is 24.1 Å². The average molecular weight is 445 g/mol. The first kappa shape index (κ1) is 19.8. The highest BCUT2D eigenvalue weighted by Gasteiger charge is 2.43. The Hall–Kier alpha value is -3.13. The predicted molar refractivity (Wildman–Crippen MR) is 109 cm³/mol. The normalized spacial score (nSPS) is 20.8.